The first kappa shape index (κ1) is 16.0. The number of aliphatic carboxylic acids is 1. The van der Waals surface area contributed by atoms with Crippen molar-refractivity contribution < 1.29 is 14.7 Å². The summed E-state index contributed by atoms with van der Waals surface area (Å²) in [6, 6.07) is 6.96. The third-order valence-corrected chi connectivity index (χ3v) is 4.23. The highest BCUT2D eigenvalue weighted by Gasteiger charge is 2.24. The van der Waals surface area contributed by atoms with Crippen LogP contribution < -0.4 is 0 Å². The Morgan fingerprint density at radius 1 is 1.19 bits per heavy atom. The summed E-state index contributed by atoms with van der Waals surface area (Å²) >= 11 is 5.80. The Bertz CT molecular complexity index is 493. The molecule has 1 aliphatic heterocycles. The molecule has 1 fully saturated rings. The van der Waals surface area contributed by atoms with Gasteiger partial charge in [0.05, 0.1) is 5.92 Å². The van der Waals surface area contributed by atoms with E-state index in [1.165, 1.54) is 0 Å². The normalized spacial score (nSPS) is 16.8. The van der Waals surface area contributed by atoms with E-state index in [-0.39, 0.29) is 11.7 Å². The Morgan fingerprint density at radius 2 is 1.81 bits per heavy atom. The van der Waals surface area contributed by atoms with Crippen molar-refractivity contribution in [2.45, 2.75) is 25.7 Å². The monoisotopic (exact) mass is 309 g/mol. The molecule has 0 aromatic heterocycles. The number of carbonyl (C=O) groups is 2. The van der Waals surface area contributed by atoms with Crippen molar-refractivity contribution in [3.05, 3.63) is 34.9 Å². The molecule has 1 heterocycles. The fraction of sp³-hybridized carbons (Fsp3) is 0.500. The summed E-state index contributed by atoms with van der Waals surface area (Å²) in [5.41, 5.74) is 0.698. The number of piperidine rings is 1. The summed E-state index contributed by atoms with van der Waals surface area (Å²) in [5, 5.41) is 9.58. The number of carbonyl (C=O) groups excluding carboxylic acids is 1. The standard InChI is InChI=1S/C16H20ClNO3/c17-14-5-3-12(4-6-14)15(19)2-1-9-18-10-7-13(8-11-18)16(20)21/h3-6,13H,1-2,7-11H2,(H,20,21). The summed E-state index contributed by atoms with van der Waals surface area (Å²) in [4.78, 5) is 25.1. The molecule has 0 radical (unpaired) electrons. The number of ketones is 1. The first-order valence-electron chi connectivity index (χ1n) is 7.30. The third kappa shape index (κ3) is 4.83. The van der Waals surface area contributed by atoms with Crippen molar-refractivity contribution in [3.63, 3.8) is 0 Å². The van der Waals surface area contributed by atoms with Gasteiger partial charge in [0.25, 0.3) is 0 Å². The molecule has 5 heteroatoms. The molecule has 0 amide bonds. The molecule has 0 bridgehead atoms. The molecule has 21 heavy (non-hydrogen) atoms. The maximum Gasteiger partial charge on any atom is 0.306 e. The predicted molar refractivity (Wildman–Crippen MR) is 81.8 cm³/mol. The largest absolute Gasteiger partial charge is 0.481 e. The number of rotatable bonds is 6. The van der Waals surface area contributed by atoms with Crippen LogP contribution in [0.15, 0.2) is 24.3 Å². The second-order valence-electron chi connectivity index (χ2n) is 5.49. The van der Waals surface area contributed by atoms with Crippen LogP contribution in [0.1, 0.15) is 36.0 Å². The van der Waals surface area contributed by atoms with Crippen LogP contribution in [0.2, 0.25) is 5.02 Å². The second-order valence-corrected chi connectivity index (χ2v) is 5.92. The number of hydrogen-bond acceptors (Lipinski definition) is 3. The van der Waals surface area contributed by atoms with Gasteiger partial charge in [-0.2, -0.15) is 0 Å². The van der Waals surface area contributed by atoms with Gasteiger partial charge in [0.2, 0.25) is 0 Å². The zero-order valence-electron chi connectivity index (χ0n) is 11.9. The van der Waals surface area contributed by atoms with Crippen molar-refractivity contribution in [2.24, 2.45) is 5.92 Å². The topological polar surface area (TPSA) is 57.6 Å². The van der Waals surface area contributed by atoms with Crippen LogP contribution in [0.5, 0.6) is 0 Å². The average molecular weight is 310 g/mol. The number of halogens is 1. The van der Waals surface area contributed by atoms with E-state index in [0.29, 0.717) is 29.8 Å². The van der Waals surface area contributed by atoms with Crippen molar-refractivity contribution in [2.75, 3.05) is 19.6 Å². The maximum absolute atomic E-state index is 12.0. The van der Waals surface area contributed by atoms with Crippen LogP contribution in [0.25, 0.3) is 0 Å². The number of benzene rings is 1. The van der Waals surface area contributed by atoms with Gasteiger partial charge in [-0.05, 0) is 63.2 Å². The Kier molecular flexibility index (Phi) is 5.76. The van der Waals surface area contributed by atoms with E-state index in [1.54, 1.807) is 24.3 Å². The molecule has 114 valence electrons. The lowest BCUT2D eigenvalue weighted by Crippen LogP contribution is -2.36. The smallest absolute Gasteiger partial charge is 0.306 e. The number of nitrogens with zero attached hydrogens (tertiary/aromatic N) is 1. The van der Waals surface area contributed by atoms with Gasteiger partial charge in [0.15, 0.2) is 5.78 Å². The predicted octanol–water partition coefficient (Wildman–Crippen LogP) is 3.10. The Morgan fingerprint density at radius 3 is 2.38 bits per heavy atom. The fourth-order valence-electron chi connectivity index (χ4n) is 2.65. The molecular formula is C16H20ClNO3. The number of carboxylic acids is 1. The van der Waals surface area contributed by atoms with Gasteiger partial charge in [-0.1, -0.05) is 11.6 Å². The van der Waals surface area contributed by atoms with Gasteiger partial charge in [-0.25, -0.2) is 0 Å². The van der Waals surface area contributed by atoms with E-state index in [0.717, 1.165) is 26.1 Å². The van der Waals surface area contributed by atoms with Crippen LogP contribution in [0.4, 0.5) is 0 Å². The molecule has 1 aliphatic rings. The summed E-state index contributed by atoms with van der Waals surface area (Å²) in [6.07, 6.45) is 2.74. The molecular weight excluding hydrogens is 290 g/mol. The Hall–Kier alpha value is -1.39. The fourth-order valence-corrected chi connectivity index (χ4v) is 2.77. The summed E-state index contributed by atoms with van der Waals surface area (Å²) < 4.78 is 0. The highest BCUT2D eigenvalue weighted by molar-refractivity contribution is 6.30. The minimum absolute atomic E-state index is 0.132. The molecule has 0 aliphatic carbocycles. The average Bonchev–Trinajstić information content (AvgIpc) is 2.48. The van der Waals surface area contributed by atoms with Crippen LogP contribution >= 0.6 is 11.6 Å². The zero-order chi connectivity index (χ0) is 15.2. The quantitative estimate of drug-likeness (QED) is 0.820. The van der Waals surface area contributed by atoms with Gasteiger partial charge >= 0.3 is 5.97 Å². The van der Waals surface area contributed by atoms with Crippen LogP contribution in [0, 0.1) is 5.92 Å². The second kappa shape index (κ2) is 7.57. The number of Topliss-reactive ketones (excluding diaryl/α,β-unsaturated/α-hetero) is 1. The zero-order valence-corrected chi connectivity index (χ0v) is 12.7. The lowest BCUT2D eigenvalue weighted by atomic mass is 9.97. The van der Waals surface area contributed by atoms with Gasteiger partial charge < -0.3 is 10.0 Å². The van der Waals surface area contributed by atoms with E-state index < -0.39 is 5.97 Å². The molecule has 1 aromatic carbocycles. The molecule has 4 nitrogen and oxygen atoms in total. The Balaban J connectivity index is 1.69. The molecule has 2 rings (SSSR count). The van der Waals surface area contributed by atoms with Gasteiger partial charge in [0.1, 0.15) is 0 Å². The summed E-state index contributed by atoms with van der Waals surface area (Å²) in [6.45, 7) is 2.48. The molecule has 0 unspecified atom stereocenters. The minimum Gasteiger partial charge on any atom is -0.481 e. The van der Waals surface area contributed by atoms with E-state index in [9.17, 15) is 9.59 Å². The summed E-state index contributed by atoms with van der Waals surface area (Å²) in [7, 11) is 0. The number of hydrogen-bond donors (Lipinski definition) is 1. The van der Waals surface area contributed by atoms with E-state index in [1.807, 2.05) is 0 Å². The van der Waals surface area contributed by atoms with Crippen LogP contribution in [-0.2, 0) is 4.79 Å². The molecule has 1 aromatic rings. The summed E-state index contributed by atoms with van der Waals surface area (Å²) in [5.74, 6) is -0.753. The number of carboxylic acid groups (broad SMARTS) is 1. The lowest BCUT2D eigenvalue weighted by Gasteiger charge is -2.29. The van der Waals surface area contributed by atoms with Crippen molar-refractivity contribution >= 4 is 23.4 Å². The van der Waals surface area contributed by atoms with Gasteiger partial charge in [-0.3, -0.25) is 9.59 Å². The van der Waals surface area contributed by atoms with Gasteiger partial charge in [0, 0.05) is 17.0 Å². The SMILES string of the molecule is O=C(CCCN1CCC(C(=O)O)CC1)c1ccc(Cl)cc1. The van der Waals surface area contributed by atoms with Crippen LogP contribution in [0.3, 0.4) is 0 Å². The number of likely N-dealkylation sites (tertiary alicyclic amines) is 1. The highest BCUT2D eigenvalue weighted by atomic mass is 35.5. The maximum atomic E-state index is 12.0. The lowest BCUT2D eigenvalue weighted by molar-refractivity contribution is -0.143. The highest BCUT2D eigenvalue weighted by Crippen LogP contribution is 2.18. The van der Waals surface area contributed by atoms with E-state index >= 15 is 0 Å². The van der Waals surface area contributed by atoms with Gasteiger partial charge in [-0.15, -0.1) is 0 Å². The Labute approximate surface area is 129 Å². The minimum atomic E-state index is -0.687. The van der Waals surface area contributed by atoms with Crippen molar-refractivity contribution in [1.82, 2.24) is 4.90 Å². The first-order chi connectivity index (χ1) is 10.1. The molecule has 1 saturated heterocycles. The third-order valence-electron chi connectivity index (χ3n) is 3.98. The first-order valence-corrected chi connectivity index (χ1v) is 7.68. The molecule has 0 saturated carbocycles. The molecule has 0 spiro atoms. The van der Waals surface area contributed by atoms with E-state index in [2.05, 4.69) is 4.90 Å². The molecule has 1 N–H and O–H groups in total. The molecule has 0 atom stereocenters. The van der Waals surface area contributed by atoms with Crippen molar-refractivity contribution in [3.8, 4) is 0 Å². The van der Waals surface area contributed by atoms with Crippen molar-refractivity contribution in [1.29, 1.82) is 0 Å². The van der Waals surface area contributed by atoms with Crippen LogP contribution in [-0.4, -0.2) is 41.4 Å². The van der Waals surface area contributed by atoms with E-state index in [4.69, 9.17) is 16.7 Å².